The number of ether oxygens (including phenoxy) is 1. The van der Waals surface area contributed by atoms with Gasteiger partial charge in [-0.05, 0) is 38.8 Å². The Balaban J connectivity index is 2.26. The lowest BCUT2D eigenvalue weighted by molar-refractivity contribution is -0.145. The lowest BCUT2D eigenvalue weighted by Gasteiger charge is -2.04. The van der Waals surface area contributed by atoms with Crippen molar-refractivity contribution in [3.8, 4) is 11.5 Å². The van der Waals surface area contributed by atoms with Crippen LogP contribution < -0.4 is 0 Å². The van der Waals surface area contributed by atoms with Gasteiger partial charge in [0.1, 0.15) is 11.6 Å². The number of carbonyl (C=O) groups excluding carboxylic acids is 1. The molecular weight excluding hydrogens is 258 g/mol. The van der Waals surface area contributed by atoms with E-state index in [-0.39, 0.29) is 11.9 Å². The number of hydrogen-bond acceptors (Lipinski definition) is 6. The molecule has 1 atom stereocenters. The van der Waals surface area contributed by atoms with Gasteiger partial charge < -0.3 is 9.26 Å². The first-order valence-electron chi connectivity index (χ1n) is 6.46. The minimum absolute atomic E-state index is 0.236. The molecule has 0 fully saturated rings. The van der Waals surface area contributed by atoms with Gasteiger partial charge in [-0.3, -0.25) is 9.78 Å². The molecule has 0 aliphatic carbocycles. The van der Waals surface area contributed by atoms with Crippen LogP contribution in [-0.4, -0.2) is 27.7 Å². The standard InChI is InChI=1S/C14H17N3O3/c1-5-19-14(18)10(4)13-16-12(17-20-13)11-9(3)6-8(2)7-15-11/h6-7,10H,5H2,1-4H3. The summed E-state index contributed by atoms with van der Waals surface area (Å²) in [5.41, 5.74) is 2.68. The van der Waals surface area contributed by atoms with Gasteiger partial charge in [-0.2, -0.15) is 4.98 Å². The summed E-state index contributed by atoms with van der Waals surface area (Å²) in [5, 5.41) is 3.88. The summed E-state index contributed by atoms with van der Waals surface area (Å²) in [4.78, 5) is 20.2. The van der Waals surface area contributed by atoms with Gasteiger partial charge in [0.05, 0.1) is 6.61 Å². The molecule has 1 unspecified atom stereocenters. The molecule has 0 saturated heterocycles. The zero-order valence-corrected chi connectivity index (χ0v) is 12.0. The van der Waals surface area contributed by atoms with Gasteiger partial charge in [0.25, 0.3) is 0 Å². The maximum absolute atomic E-state index is 11.6. The molecule has 0 bridgehead atoms. The Morgan fingerprint density at radius 2 is 2.20 bits per heavy atom. The SMILES string of the molecule is CCOC(=O)C(C)c1nc(-c2ncc(C)cc2C)no1. The number of aryl methyl sites for hydroxylation is 2. The average Bonchev–Trinajstić information content (AvgIpc) is 2.87. The second-order valence-electron chi connectivity index (χ2n) is 4.61. The molecule has 0 N–H and O–H groups in total. The lowest BCUT2D eigenvalue weighted by Crippen LogP contribution is -2.13. The van der Waals surface area contributed by atoms with Crippen molar-refractivity contribution < 1.29 is 14.1 Å². The quantitative estimate of drug-likeness (QED) is 0.797. The van der Waals surface area contributed by atoms with Crippen molar-refractivity contribution in [2.45, 2.75) is 33.6 Å². The van der Waals surface area contributed by atoms with E-state index >= 15 is 0 Å². The molecule has 6 nitrogen and oxygen atoms in total. The van der Waals surface area contributed by atoms with Gasteiger partial charge in [-0.15, -0.1) is 0 Å². The highest BCUT2D eigenvalue weighted by Crippen LogP contribution is 2.22. The molecule has 0 saturated carbocycles. The lowest BCUT2D eigenvalue weighted by atomic mass is 10.1. The molecule has 0 spiro atoms. The minimum Gasteiger partial charge on any atom is -0.465 e. The largest absolute Gasteiger partial charge is 0.465 e. The first kappa shape index (κ1) is 14.2. The fourth-order valence-electron chi connectivity index (χ4n) is 1.82. The first-order valence-corrected chi connectivity index (χ1v) is 6.46. The third-order valence-electron chi connectivity index (χ3n) is 2.88. The van der Waals surface area contributed by atoms with Crippen LogP contribution in [0.3, 0.4) is 0 Å². The smallest absolute Gasteiger partial charge is 0.318 e. The second kappa shape index (κ2) is 5.81. The summed E-state index contributed by atoms with van der Waals surface area (Å²) >= 11 is 0. The van der Waals surface area contributed by atoms with Gasteiger partial charge >= 0.3 is 5.97 Å². The number of nitrogens with zero attached hydrogens (tertiary/aromatic N) is 3. The molecule has 20 heavy (non-hydrogen) atoms. The molecule has 0 aliphatic heterocycles. The predicted molar refractivity (Wildman–Crippen MR) is 72.1 cm³/mol. The fourth-order valence-corrected chi connectivity index (χ4v) is 1.82. The molecule has 106 valence electrons. The summed E-state index contributed by atoms with van der Waals surface area (Å²) in [6.07, 6.45) is 1.74. The summed E-state index contributed by atoms with van der Waals surface area (Å²) in [5.74, 6) is -0.341. The van der Waals surface area contributed by atoms with E-state index in [1.54, 1.807) is 20.0 Å². The number of carbonyl (C=O) groups is 1. The van der Waals surface area contributed by atoms with Crippen LogP contribution in [0.1, 0.15) is 36.8 Å². The molecule has 2 heterocycles. The molecule has 2 rings (SSSR count). The van der Waals surface area contributed by atoms with Crippen molar-refractivity contribution in [2.24, 2.45) is 0 Å². The van der Waals surface area contributed by atoms with E-state index in [1.165, 1.54) is 0 Å². The summed E-state index contributed by atoms with van der Waals surface area (Å²) in [6, 6.07) is 1.99. The van der Waals surface area contributed by atoms with Crippen molar-refractivity contribution in [3.63, 3.8) is 0 Å². The molecule has 0 amide bonds. The van der Waals surface area contributed by atoms with Crippen molar-refractivity contribution in [2.75, 3.05) is 6.61 Å². The van der Waals surface area contributed by atoms with Gasteiger partial charge in [0, 0.05) is 6.20 Å². The maximum Gasteiger partial charge on any atom is 0.318 e. The second-order valence-corrected chi connectivity index (χ2v) is 4.61. The number of hydrogen-bond donors (Lipinski definition) is 0. The van der Waals surface area contributed by atoms with Gasteiger partial charge in [0.2, 0.25) is 11.7 Å². The van der Waals surface area contributed by atoms with Crippen molar-refractivity contribution in [1.29, 1.82) is 0 Å². The molecule has 6 heteroatoms. The van der Waals surface area contributed by atoms with Gasteiger partial charge in [-0.25, -0.2) is 0 Å². The number of rotatable bonds is 4. The Morgan fingerprint density at radius 1 is 1.45 bits per heavy atom. The van der Waals surface area contributed by atoms with Crippen LogP contribution in [0.2, 0.25) is 0 Å². The number of esters is 1. The van der Waals surface area contributed by atoms with Crippen LogP contribution in [0.4, 0.5) is 0 Å². The zero-order chi connectivity index (χ0) is 14.7. The molecule has 2 aromatic rings. The maximum atomic E-state index is 11.6. The zero-order valence-electron chi connectivity index (χ0n) is 12.0. The normalized spacial score (nSPS) is 12.2. The Bertz CT molecular complexity index is 622. The van der Waals surface area contributed by atoms with E-state index in [0.29, 0.717) is 18.1 Å². The fraction of sp³-hybridized carbons (Fsp3) is 0.429. The Kier molecular flexibility index (Phi) is 4.12. The van der Waals surface area contributed by atoms with Crippen molar-refractivity contribution in [3.05, 3.63) is 29.3 Å². The van der Waals surface area contributed by atoms with E-state index < -0.39 is 5.92 Å². The summed E-state index contributed by atoms with van der Waals surface area (Å²) in [6.45, 7) is 7.64. The van der Waals surface area contributed by atoms with Crippen LogP contribution in [0.5, 0.6) is 0 Å². The van der Waals surface area contributed by atoms with E-state index in [9.17, 15) is 4.79 Å². The summed E-state index contributed by atoms with van der Waals surface area (Å²) < 4.78 is 10.1. The molecule has 2 aromatic heterocycles. The highest BCUT2D eigenvalue weighted by Gasteiger charge is 2.24. The van der Waals surface area contributed by atoms with Crippen LogP contribution >= 0.6 is 0 Å². The van der Waals surface area contributed by atoms with Gasteiger partial charge in [0.15, 0.2) is 0 Å². The number of aromatic nitrogens is 3. The Morgan fingerprint density at radius 3 is 2.85 bits per heavy atom. The Hall–Kier alpha value is -2.24. The van der Waals surface area contributed by atoms with Crippen LogP contribution in [0.15, 0.2) is 16.8 Å². The first-order chi connectivity index (χ1) is 9.52. The topological polar surface area (TPSA) is 78.1 Å². The Labute approximate surface area is 117 Å². The average molecular weight is 275 g/mol. The van der Waals surface area contributed by atoms with Crippen molar-refractivity contribution >= 4 is 5.97 Å². The molecule has 0 aromatic carbocycles. The summed E-state index contributed by atoms with van der Waals surface area (Å²) in [7, 11) is 0. The van der Waals surface area contributed by atoms with Crippen LogP contribution in [0.25, 0.3) is 11.5 Å². The molecule has 0 aliphatic rings. The van der Waals surface area contributed by atoms with Crippen LogP contribution in [0, 0.1) is 13.8 Å². The van der Waals surface area contributed by atoms with E-state index in [4.69, 9.17) is 9.26 Å². The third kappa shape index (κ3) is 2.84. The van der Waals surface area contributed by atoms with E-state index in [1.807, 2.05) is 19.9 Å². The van der Waals surface area contributed by atoms with Crippen LogP contribution in [-0.2, 0) is 9.53 Å². The van der Waals surface area contributed by atoms with Gasteiger partial charge in [-0.1, -0.05) is 11.2 Å². The highest BCUT2D eigenvalue weighted by molar-refractivity contribution is 5.76. The predicted octanol–water partition coefficient (Wildman–Crippen LogP) is 2.42. The minimum atomic E-state index is -0.582. The van der Waals surface area contributed by atoms with E-state index in [0.717, 1.165) is 11.1 Å². The van der Waals surface area contributed by atoms with E-state index in [2.05, 4.69) is 15.1 Å². The number of pyridine rings is 1. The molecule has 0 radical (unpaired) electrons. The molecular formula is C14H17N3O3. The highest BCUT2D eigenvalue weighted by atomic mass is 16.5. The monoisotopic (exact) mass is 275 g/mol. The van der Waals surface area contributed by atoms with Crippen molar-refractivity contribution in [1.82, 2.24) is 15.1 Å². The third-order valence-corrected chi connectivity index (χ3v) is 2.88.